The summed E-state index contributed by atoms with van der Waals surface area (Å²) < 4.78 is 5.71. The first-order valence-electron chi connectivity index (χ1n) is 8.06. The smallest absolute Gasteiger partial charge is 0.120 e. The van der Waals surface area contributed by atoms with Crippen molar-refractivity contribution < 1.29 is 9.84 Å². The van der Waals surface area contributed by atoms with Gasteiger partial charge in [-0.3, -0.25) is 0 Å². The van der Waals surface area contributed by atoms with Crippen LogP contribution in [0.25, 0.3) is 0 Å². The van der Waals surface area contributed by atoms with Crippen molar-refractivity contribution in [1.82, 2.24) is 0 Å². The van der Waals surface area contributed by atoms with E-state index in [1.807, 2.05) is 38.1 Å². The minimum absolute atomic E-state index is 0.174. The van der Waals surface area contributed by atoms with E-state index in [0.29, 0.717) is 0 Å². The summed E-state index contributed by atoms with van der Waals surface area (Å²) in [5, 5.41) is 10.5. The zero-order chi connectivity index (χ0) is 14.1. The summed E-state index contributed by atoms with van der Waals surface area (Å²) in [6.07, 6.45) is 6.32. The number of rotatable bonds is 5. The molecule has 0 saturated heterocycles. The van der Waals surface area contributed by atoms with Gasteiger partial charge in [-0.15, -0.1) is 0 Å². The molecule has 2 bridgehead atoms. The predicted octanol–water partition coefficient (Wildman–Crippen LogP) is 4.33. The van der Waals surface area contributed by atoms with Crippen molar-refractivity contribution in [2.45, 2.75) is 58.2 Å². The first-order valence-corrected chi connectivity index (χ1v) is 8.06. The molecular weight excluding hydrogens is 248 g/mol. The third-order valence-electron chi connectivity index (χ3n) is 5.03. The third-order valence-corrected chi connectivity index (χ3v) is 5.03. The fourth-order valence-corrected chi connectivity index (χ4v) is 4.16. The van der Waals surface area contributed by atoms with Crippen LogP contribution < -0.4 is 4.74 Å². The number of fused-ring (bicyclic) bond motifs is 2. The molecule has 2 aliphatic carbocycles. The van der Waals surface area contributed by atoms with Crippen LogP contribution in [0.2, 0.25) is 0 Å². The molecule has 0 aromatic heterocycles. The molecule has 1 aromatic carbocycles. The summed E-state index contributed by atoms with van der Waals surface area (Å²) in [5.74, 6) is 3.43. The van der Waals surface area contributed by atoms with Gasteiger partial charge in [0.05, 0.1) is 12.2 Å². The fourth-order valence-electron chi connectivity index (χ4n) is 4.16. The topological polar surface area (TPSA) is 29.5 Å². The summed E-state index contributed by atoms with van der Waals surface area (Å²) in [7, 11) is 0. The van der Waals surface area contributed by atoms with E-state index in [4.69, 9.17) is 4.74 Å². The molecule has 4 atom stereocenters. The van der Waals surface area contributed by atoms with Crippen LogP contribution in [0.1, 0.15) is 57.6 Å². The summed E-state index contributed by atoms with van der Waals surface area (Å²) in [6.45, 7) is 4.05. The second kappa shape index (κ2) is 5.77. The third kappa shape index (κ3) is 3.01. The summed E-state index contributed by atoms with van der Waals surface area (Å²) in [6, 6.07) is 7.97. The normalized spacial score (nSPS) is 29.9. The average molecular weight is 274 g/mol. The SMILES string of the molecule is CC(C)Oc1cccc(C(O)CC2CC3CCC2C3)c1. The predicted molar refractivity (Wildman–Crippen MR) is 80.7 cm³/mol. The maximum absolute atomic E-state index is 10.5. The number of hydrogen-bond donors (Lipinski definition) is 1. The van der Waals surface area contributed by atoms with Crippen LogP contribution in [0.15, 0.2) is 24.3 Å². The average Bonchev–Trinajstić information content (AvgIpc) is 3.00. The van der Waals surface area contributed by atoms with Crippen LogP contribution in [0, 0.1) is 17.8 Å². The van der Waals surface area contributed by atoms with Gasteiger partial charge in [-0.2, -0.15) is 0 Å². The molecule has 1 N–H and O–H groups in total. The Morgan fingerprint density at radius 3 is 2.75 bits per heavy atom. The number of ether oxygens (including phenoxy) is 1. The first-order chi connectivity index (χ1) is 9.61. The Kier molecular flexibility index (Phi) is 4.02. The summed E-state index contributed by atoms with van der Waals surface area (Å²) >= 11 is 0. The van der Waals surface area contributed by atoms with E-state index in [0.717, 1.165) is 35.5 Å². The Hall–Kier alpha value is -1.02. The Balaban J connectivity index is 1.63. The molecule has 110 valence electrons. The van der Waals surface area contributed by atoms with Crippen LogP contribution in [0.3, 0.4) is 0 Å². The molecule has 2 aliphatic rings. The van der Waals surface area contributed by atoms with Gasteiger partial charge < -0.3 is 9.84 Å². The van der Waals surface area contributed by atoms with Crippen LogP contribution in [0.4, 0.5) is 0 Å². The van der Waals surface area contributed by atoms with Crippen molar-refractivity contribution in [3.63, 3.8) is 0 Å². The van der Waals surface area contributed by atoms with E-state index in [9.17, 15) is 5.11 Å². The van der Waals surface area contributed by atoms with Crippen molar-refractivity contribution in [3.8, 4) is 5.75 Å². The Morgan fingerprint density at radius 1 is 1.25 bits per heavy atom. The lowest BCUT2D eigenvalue weighted by Crippen LogP contribution is -2.14. The molecule has 2 saturated carbocycles. The highest BCUT2D eigenvalue weighted by Gasteiger charge is 2.40. The monoisotopic (exact) mass is 274 g/mol. The summed E-state index contributed by atoms with van der Waals surface area (Å²) in [4.78, 5) is 0. The Bertz CT molecular complexity index is 454. The van der Waals surface area contributed by atoms with Gasteiger partial charge in [0.15, 0.2) is 0 Å². The van der Waals surface area contributed by atoms with Gasteiger partial charge in [0, 0.05) is 0 Å². The maximum Gasteiger partial charge on any atom is 0.120 e. The number of benzene rings is 1. The lowest BCUT2D eigenvalue weighted by molar-refractivity contribution is 0.125. The lowest BCUT2D eigenvalue weighted by atomic mass is 9.83. The lowest BCUT2D eigenvalue weighted by Gasteiger charge is -2.24. The first kappa shape index (κ1) is 13.9. The van der Waals surface area contributed by atoms with Gasteiger partial charge in [-0.05, 0) is 75.0 Å². The van der Waals surface area contributed by atoms with E-state index in [1.54, 1.807) is 0 Å². The van der Waals surface area contributed by atoms with Crippen molar-refractivity contribution >= 4 is 0 Å². The second-order valence-electron chi connectivity index (χ2n) is 6.93. The van der Waals surface area contributed by atoms with Crippen LogP contribution >= 0.6 is 0 Å². The largest absolute Gasteiger partial charge is 0.491 e. The van der Waals surface area contributed by atoms with E-state index in [-0.39, 0.29) is 12.2 Å². The van der Waals surface area contributed by atoms with Gasteiger partial charge in [-0.1, -0.05) is 18.6 Å². The second-order valence-corrected chi connectivity index (χ2v) is 6.93. The number of hydrogen-bond acceptors (Lipinski definition) is 2. The molecule has 0 amide bonds. The van der Waals surface area contributed by atoms with Gasteiger partial charge in [0.1, 0.15) is 5.75 Å². The van der Waals surface area contributed by atoms with Crippen molar-refractivity contribution in [1.29, 1.82) is 0 Å². The zero-order valence-corrected chi connectivity index (χ0v) is 12.6. The van der Waals surface area contributed by atoms with Gasteiger partial charge in [0.25, 0.3) is 0 Å². The molecule has 2 heteroatoms. The van der Waals surface area contributed by atoms with Crippen molar-refractivity contribution in [2.75, 3.05) is 0 Å². The molecule has 2 fully saturated rings. The molecule has 3 rings (SSSR count). The van der Waals surface area contributed by atoms with E-state index in [2.05, 4.69) is 0 Å². The van der Waals surface area contributed by atoms with E-state index in [1.165, 1.54) is 25.7 Å². The zero-order valence-electron chi connectivity index (χ0n) is 12.6. The molecule has 1 aromatic rings. The Morgan fingerprint density at radius 2 is 2.10 bits per heavy atom. The molecule has 2 nitrogen and oxygen atoms in total. The molecule has 20 heavy (non-hydrogen) atoms. The van der Waals surface area contributed by atoms with E-state index >= 15 is 0 Å². The molecule has 4 unspecified atom stereocenters. The van der Waals surface area contributed by atoms with Crippen molar-refractivity contribution in [3.05, 3.63) is 29.8 Å². The summed E-state index contributed by atoms with van der Waals surface area (Å²) in [5.41, 5.74) is 1.01. The van der Waals surface area contributed by atoms with Crippen molar-refractivity contribution in [2.24, 2.45) is 17.8 Å². The van der Waals surface area contributed by atoms with Gasteiger partial charge in [0.2, 0.25) is 0 Å². The van der Waals surface area contributed by atoms with Crippen LogP contribution in [-0.2, 0) is 0 Å². The highest BCUT2D eigenvalue weighted by molar-refractivity contribution is 5.30. The van der Waals surface area contributed by atoms with E-state index < -0.39 is 0 Å². The van der Waals surface area contributed by atoms with Gasteiger partial charge >= 0.3 is 0 Å². The molecule has 0 radical (unpaired) electrons. The Labute approximate surface area is 122 Å². The highest BCUT2D eigenvalue weighted by atomic mass is 16.5. The highest BCUT2D eigenvalue weighted by Crippen LogP contribution is 2.50. The minimum Gasteiger partial charge on any atom is -0.491 e. The van der Waals surface area contributed by atoms with Crippen LogP contribution in [-0.4, -0.2) is 11.2 Å². The fraction of sp³-hybridized carbons (Fsp3) is 0.667. The molecular formula is C18H26O2. The standard InChI is InChI=1S/C18H26O2/c1-12(2)20-17-5-3-4-15(10-17)18(19)11-16-9-13-6-7-14(16)8-13/h3-5,10,12-14,16,18-19H,6-9,11H2,1-2H3. The molecule has 0 heterocycles. The molecule has 0 spiro atoms. The minimum atomic E-state index is -0.338. The van der Waals surface area contributed by atoms with Gasteiger partial charge in [-0.25, -0.2) is 0 Å². The molecule has 0 aliphatic heterocycles. The quantitative estimate of drug-likeness (QED) is 0.865. The van der Waals surface area contributed by atoms with Crippen LogP contribution in [0.5, 0.6) is 5.75 Å². The maximum atomic E-state index is 10.5. The number of aliphatic hydroxyl groups excluding tert-OH is 1. The number of aliphatic hydroxyl groups is 1.